The fourth-order valence-corrected chi connectivity index (χ4v) is 3.22. The van der Waals surface area contributed by atoms with Crippen LogP contribution in [0.5, 0.6) is 0 Å². The predicted octanol–water partition coefficient (Wildman–Crippen LogP) is 5.39. The Bertz CT molecular complexity index is 848. The number of benzene rings is 1. The molecule has 3 N–H and O–H groups in total. The summed E-state index contributed by atoms with van der Waals surface area (Å²) in [5, 5.41) is 11.8. The Kier molecular flexibility index (Phi) is 6.69. The molecule has 0 aliphatic heterocycles. The van der Waals surface area contributed by atoms with Crippen molar-refractivity contribution in [1.29, 1.82) is 0 Å². The average molecular weight is 468 g/mol. The molecule has 154 valence electrons. The summed E-state index contributed by atoms with van der Waals surface area (Å²) < 4.78 is 75.1. The number of thiazole rings is 1. The zero-order valence-corrected chi connectivity index (χ0v) is 15.6. The van der Waals surface area contributed by atoms with Crippen molar-refractivity contribution in [2.75, 3.05) is 5.32 Å². The molecule has 14 heteroatoms. The molecule has 2 aromatic rings. The van der Waals surface area contributed by atoms with Crippen LogP contribution in [0.4, 0.5) is 36.8 Å². The number of urea groups is 1. The molecule has 0 bridgehead atoms. The zero-order chi connectivity index (χ0) is 21.3. The Labute approximate surface area is 167 Å². The molecule has 0 saturated carbocycles. The summed E-state index contributed by atoms with van der Waals surface area (Å²) in [4.78, 5) is 15.2. The van der Waals surface area contributed by atoms with E-state index in [1.165, 1.54) is 0 Å². The predicted molar refractivity (Wildman–Crippen MR) is 90.5 cm³/mol. The van der Waals surface area contributed by atoms with Gasteiger partial charge in [0.25, 0.3) is 0 Å². The van der Waals surface area contributed by atoms with Crippen molar-refractivity contribution in [3.63, 3.8) is 0 Å². The number of anilines is 1. The molecule has 1 aromatic carbocycles. The van der Waals surface area contributed by atoms with Crippen molar-refractivity contribution in [2.24, 2.45) is 0 Å². The van der Waals surface area contributed by atoms with Crippen molar-refractivity contribution in [2.45, 2.75) is 25.0 Å². The van der Waals surface area contributed by atoms with Crippen LogP contribution in [0, 0.1) is 0 Å². The van der Waals surface area contributed by atoms with Gasteiger partial charge < -0.3 is 15.7 Å². The van der Waals surface area contributed by atoms with Crippen molar-refractivity contribution < 1.29 is 36.2 Å². The number of carbonyl (C=O) groups excluding carboxylic acids is 1. The van der Waals surface area contributed by atoms with Gasteiger partial charge in [-0.25, -0.2) is 9.78 Å². The van der Waals surface area contributed by atoms with Crippen LogP contribution in [-0.2, 0) is 12.7 Å². The normalized spacial score (nSPS) is 13.3. The third-order valence-electron chi connectivity index (χ3n) is 3.15. The largest absolute Gasteiger partial charge is 0.443 e. The third-order valence-corrected chi connectivity index (χ3v) is 4.79. The molecule has 0 aliphatic carbocycles. The van der Waals surface area contributed by atoms with Gasteiger partial charge >= 0.3 is 18.4 Å². The lowest BCUT2D eigenvalue weighted by Crippen LogP contribution is -2.28. The molecule has 1 aromatic heterocycles. The van der Waals surface area contributed by atoms with E-state index in [0.717, 1.165) is 18.3 Å². The van der Waals surface area contributed by atoms with Gasteiger partial charge in [0.1, 0.15) is 0 Å². The molecule has 0 aliphatic rings. The fraction of sp³-hybridized carbons (Fsp3) is 0.286. The number of amides is 2. The first kappa shape index (κ1) is 22.5. The standard InChI is InChI=1S/C14H9Cl2F6N3O2S/c15-7-1-5(10(26)13(17,18)19)2-8(16)9(7)25-12(27)24-4-6-3-23-11(28-6)14(20,21)22/h1-3,10,26H,4H2,(H2,24,25,27)/t10-/m0/s1. The monoisotopic (exact) mass is 467 g/mol. The van der Waals surface area contributed by atoms with E-state index in [0.29, 0.717) is 11.3 Å². The minimum Gasteiger partial charge on any atom is -0.379 e. The maximum atomic E-state index is 12.6. The number of nitrogens with one attached hydrogen (secondary N) is 2. The summed E-state index contributed by atoms with van der Waals surface area (Å²) in [7, 11) is 0. The summed E-state index contributed by atoms with van der Waals surface area (Å²) in [6, 6.07) is 0.634. The van der Waals surface area contributed by atoms with Gasteiger partial charge in [-0.15, -0.1) is 11.3 Å². The lowest BCUT2D eigenvalue weighted by atomic mass is 10.1. The smallest absolute Gasteiger partial charge is 0.379 e. The summed E-state index contributed by atoms with van der Waals surface area (Å²) in [5.41, 5.74) is -0.864. The summed E-state index contributed by atoms with van der Waals surface area (Å²) in [6.07, 6.45) is -11.4. The number of hydrogen-bond acceptors (Lipinski definition) is 4. The van der Waals surface area contributed by atoms with Crippen molar-refractivity contribution in [3.8, 4) is 0 Å². The highest BCUT2D eigenvalue weighted by Gasteiger charge is 2.40. The maximum Gasteiger partial charge on any atom is 0.443 e. The number of carbonyl (C=O) groups is 1. The van der Waals surface area contributed by atoms with Crippen LogP contribution in [0.1, 0.15) is 21.6 Å². The van der Waals surface area contributed by atoms with Crippen LogP contribution >= 0.6 is 34.5 Å². The van der Waals surface area contributed by atoms with Crippen LogP contribution in [0.3, 0.4) is 0 Å². The molecule has 0 spiro atoms. The van der Waals surface area contributed by atoms with Gasteiger partial charge in [0.15, 0.2) is 11.1 Å². The van der Waals surface area contributed by atoms with Gasteiger partial charge in [0, 0.05) is 11.1 Å². The number of halogens is 8. The second kappa shape index (κ2) is 8.31. The van der Waals surface area contributed by atoms with E-state index in [1.807, 2.05) is 0 Å². The summed E-state index contributed by atoms with van der Waals surface area (Å²) in [5.74, 6) is 0. The molecule has 2 amide bonds. The first-order valence-corrected chi connectivity index (χ1v) is 8.66. The quantitative estimate of drug-likeness (QED) is 0.528. The highest BCUT2D eigenvalue weighted by molar-refractivity contribution is 7.11. The van der Waals surface area contributed by atoms with E-state index >= 15 is 0 Å². The lowest BCUT2D eigenvalue weighted by Gasteiger charge is -2.17. The number of aliphatic hydroxyl groups is 1. The highest BCUT2D eigenvalue weighted by atomic mass is 35.5. The van der Waals surface area contributed by atoms with Gasteiger partial charge in [0.05, 0.1) is 22.3 Å². The van der Waals surface area contributed by atoms with Crippen LogP contribution in [-0.4, -0.2) is 22.3 Å². The number of hydrogen-bond donors (Lipinski definition) is 3. The van der Waals surface area contributed by atoms with E-state index in [-0.39, 0.29) is 27.2 Å². The number of aliphatic hydroxyl groups excluding tert-OH is 1. The fourth-order valence-electron chi connectivity index (χ4n) is 1.90. The molecule has 0 radical (unpaired) electrons. The average Bonchev–Trinajstić information content (AvgIpc) is 3.04. The van der Waals surface area contributed by atoms with Crippen molar-refractivity contribution in [3.05, 3.63) is 43.8 Å². The maximum absolute atomic E-state index is 12.6. The summed E-state index contributed by atoms with van der Waals surface area (Å²) >= 11 is 11.9. The summed E-state index contributed by atoms with van der Waals surface area (Å²) in [6.45, 7) is -0.292. The van der Waals surface area contributed by atoms with E-state index in [2.05, 4.69) is 15.6 Å². The molecule has 1 atom stereocenters. The van der Waals surface area contributed by atoms with Gasteiger partial charge in [-0.05, 0) is 17.7 Å². The Morgan fingerprint density at radius 3 is 2.21 bits per heavy atom. The highest BCUT2D eigenvalue weighted by Crippen LogP contribution is 2.39. The van der Waals surface area contributed by atoms with Crippen LogP contribution in [0.15, 0.2) is 18.3 Å². The van der Waals surface area contributed by atoms with Crippen molar-refractivity contribution >= 4 is 46.3 Å². The van der Waals surface area contributed by atoms with Crippen molar-refractivity contribution in [1.82, 2.24) is 10.3 Å². The van der Waals surface area contributed by atoms with E-state index < -0.39 is 35.1 Å². The van der Waals surface area contributed by atoms with E-state index in [1.54, 1.807) is 0 Å². The van der Waals surface area contributed by atoms with Crippen LogP contribution in [0.2, 0.25) is 10.0 Å². The Balaban J connectivity index is 2.05. The van der Waals surface area contributed by atoms with Gasteiger partial charge in [-0.1, -0.05) is 23.2 Å². The molecular weight excluding hydrogens is 459 g/mol. The first-order valence-electron chi connectivity index (χ1n) is 7.09. The Morgan fingerprint density at radius 1 is 1.18 bits per heavy atom. The Morgan fingerprint density at radius 2 is 1.75 bits per heavy atom. The number of aromatic nitrogens is 1. The second-order valence-corrected chi connectivity index (χ2v) is 7.17. The molecule has 5 nitrogen and oxygen atoms in total. The molecule has 2 rings (SSSR count). The molecule has 1 heterocycles. The Hall–Kier alpha value is -1.76. The second-order valence-electron chi connectivity index (χ2n) is 5.24. The first-order chi connectivity index (χ1) is 12.8. The minimum absolute atomic E-state index is 0.114. The molecular formula is C14H9Cl2F6N3O2S. The third kappa shape index (κ3) is 5.63. The zero-order valence-electron chi connectivity index (χ0n) is 13.3. The number of nitrogens with zero attached hydrogens (tertiary/aromatic N) is 1. The lowest BCUT2D eigenvalue weighted by molar-refractivity contribution is -0.206. The number of alkyl halides is 6. The number of rotatable bonds is 4. The SMILES string of the molecule is O=C(NCc1cnc(C(F)(F)F)s1)Nc1c(Cl)cc([C@H](O)C(F)(F)F)cc1Cl. The molecule has 0 fully saturated rings. The van der Waals surface area contributed by atoms with E-state index in [4.69, 9.17) is 23.2 Å². The minimum atomic E-state index is -4.94. The van der Waals surface area contributed by atoms with Gasteiger partial charge in [0.2, 0.25) is 0 Å². The molecule has 28 heavy (non-hydrogen) atoms. The van der Waals surface area contributed by atoms with Crippen LogP contribution in [0.25, 0.3) is 0 Å². The molecule has 0 unspecified atom stereocenters. The molecule has 0 saturated heterocycles. The topological polar surface area (TPSA) is 74.2 Å². The van der Waals surface area contributed by atoms with E-state index in [9.17, 15) is 36.2 Å². The van der Waals surface area contributed by atoms with Gasteiger partial charge in [-0.2, -0.15) is 26.3 Å². The van der Waals surface area contributed by atoms with Crippen LogP contribution < -0.4 is 10.6 Å². The van der Waals surface area contributed by atoms with Gasteiger partial charge in [-0.3, -0.25) is 0 Å².